The van der Waals surface area contributed by atoms with E-state index in [2.05, 4.69) is 22.4 Å². The predicted molar refractivity (Wildman–Crippen MR) is 67.8 cm³/mol. The minimum absolute atomic E-state index is 0.183. The Hall–Kier alpha value is -0.0500. The molecule has 3 heteroatoms. The smallest absolute Gasteiger partial charge is 0.0805 e. The Kier molecular flexibility index (Phi) is 4.48. The lowest BCUT2D eigenvalue weighted by Crippen LogP contribution is -2.27. The Morgan fingerprint density at radius 3 is 2.60 bits per heavy atom. The van der Waals surface area contributed by atoms with Crippen LogP contribution in [0, 0.1) is 0 Å². The Balaban J connectivity index is 1.84. The Morgan fingerprint density at radius 1 is 1.27 bits per heavy atom. The zero-order valence-corrected chi connectivity index (χ0v) is 10.6. The normalized spacial score (nSPS) is 21.1. The van der Waals surface area contributed by atoms with E-state index in [4.69, 9.17) is 11.6 Å². The number of hydrogen-bond donors (Lipinski definition) is 0. The Labute approximate surface area is 101 Å². The van der Waals surface area contributed by atoms with Crippen LogP contribution in [0.3, 0.4) is 0 Å². The van der Waals surface area contributed by atoms with Crippen molar-refractivity contribution in [1.29, 1.82) is 0 Å². The summed E-state index contributed by atoms with van der Waals surface area (Å²) in [4.78, 5) is 3.82. The molecule has 0 aromatic carbocycles. The predicted octanol–water partition coefficient (Wildman–Crippen LogP) is 3.90. The molecule has 1 aromatic heterocycles. The molecule has 2 rings (SSSR count). The highest BCUT2D eigenvalue weighted by Crippen LogP contribution is 2.26. The van der Waals surface area contributed by atoms with Crippen molar-refractivity contribution in [2.45, 2.75) is 31.1 Å². The molecule has 2 heterocycles. The minimum atomic E-state index is 0.183. The van der Waals surface area contributed by atoms with E-state index in [-0.39, 0.29) is 5.38 Å². The van der Waals surface area contributed by atoms with E-state index in [1.54, 1.807) is 11.3 Å². The Morgan fingerprint density at radius 2 is 2.00 bits per heavy atom. The highest BCUT2D eigenvalue weighted by atomic mass is 35.5. The van der Waals surface area contributed by atoms with Gasteiger partial charge in [-0.25, -0.2) is 0 Å². The average molecular weight is 244 g/mol. The van der Waals surface area contributed by atoms with Crippen molar-refractivity contribution in [2.75, 3.05) is 19.6 Å². The molecule has 0 amide bonds. The fraction of sp³-hybridized carbons (Fsp3) is 0.667. The maximum atomic E-state index is 6.40. The molecule has 84 valence electrons. The molecule has 1 aliphatic rings. The zero-order chi connectivity index (χ0) is 10.5. The molecular formula is C12H18ClNS. The summed E-state index contributed by atoms with van der Waals surface area (Å²) in [6.07, 6.45) is 5.47. The molecule has 1 nitrogen and oxygen atoms in total. The summed E-state index contributed by atoms with van der Waals surface area (Å²) in [6, 6.07) is 4.22. The van der Waals surface area contributed by atoms with Gasteiger partial charge in [0.2, 0.25) is 0 Å². The first kappa shape index (κ1) is 11.4. The van der Waals surface area contributed by atoms with Crippen molar-refractivity contribution in [3.05, 3.63) is 22.4 Å². The summed E-state index contributed by atoms with van der Waals surface area (Å²) in [5.74, 6) is 0. The summed E-state index contributed by atoms with van der Waals surface area (Å²) in [6.45, 7) is 3.48. The van der Waals surface area contributed by atoms with E-state index in [0.717, 1.165) is 6.54 Å². The largest absolute Gasteiger partial charge is 0.301 e. The topological polar surface area (TPSA) is 3.24 Å². The maximum Gasteiger partial charge on any atom is 0.0805 e. The van der Waals surface area contributed by atoms with Gasteiger partial charge in [-0.2, -0.15) is 0 Å². The van der Waals surface area contributed by atoms with Crippen LogP contribution in [0.4, 0.5) is 0 Å². The quantitative estimate of drug-likeness (QED) is 0.728. The van der Waals surface area contributed by atoms with Gasteiger partial charge in [-0.15, -0.1) is 22.9 Å². The number of rotatable bonds is 3. The van der Waals surface area contributed by atoms with E-state index in [9.17, 15) is 0 Å². The first-order valence-corrected chi connectivity index (χ1v) is 7.08. The van der Waals surface area contributed by atoms with Crippen LogP contribution in [0.15, 0.2) is 17.5 Å². The number of halogens is 1. The minimum Gasteiger partial charge on any atom is -0.301 e. The van der Waals surface area contributed by atoms with Crippen molar-refractivity contribution in [1.82, 2.24) is 4.90 Å². The lowest BCUT2D eigenvalue weighted by atomic mass is 10.2. The van der Waals surface area contributed by atoms with Gasteiger partial charge in [0.25, 0.3) is 0 Å². The third-order valence-corrected chi connectivity index (χ3v) is 4.46. The van der Waals surface area contributed by atoms with Crippen molar-refractivity contribution in [3.63, 3.8) is 0 Å². The lowest BCUT2D eigenvalue weighted by Gasteiger charge is -2.22. The number of thiophene rings is 1. The number of likely N-dealkylation sites (tertiary alicyclic amines) is 1. The fourth-order valence-corrected chi connectivity index (χ4v) is 3.22. The molecule has 1 atom stereocenters. The first-order chi connectivity index (χ1) is 7.36. The Bertz CT molecular complexity index is 265. The maximum absolute atomic E-state index is 6.40. The van der Waals surface area contributed by atoms with E-state index in [1.807, 2.05) is 0 Å². The van der Waals surface area contributed by atoms with Gasteiger partial charge in [0.1, 0.15) is 0 Å². The molecule has 0 saturated carbocycles. The van der Waals surface area contributed by atoms with E-state index >= 15 is 0 Å². The van der Waals surface area contributed by atoms with Crippen LogP contribution in [0.5, 0.6) is 0 Å². The first-order valence-electron chi connectivity index (χ1n) is 5.76. The van der Waals surface area contributed by atoms with Crippen LogP contribution in [0.25, 0.3) is 0 Å². The van der Waals surface area contributed by atoms with Gasteiger partial charge < -0.3 is 4.90 Å². The number of nitrogens with zero attached hydrogens (tertiary/aromatic N) is 1. The molecule has 1 aliphatic heterocycles. The lowest BCUT2D eigenvalue weighted by molar-refractivity contribution is 0.286. The SMILES string of the molecule is ClC(CN1CCCCCC1)c1cccs1. The van der Waals surface area contributed by atoms with Gasteiger partial charge in [-0.3, -0.25) is 0 Å². The third kappa shape index (κ3) is 3.47. The highest BCUT2D eigenvalue weighted by Gasteiger charge is 2.15. The van der Waals surface area contributed by atoms with Crippen LogP contribution in [-0.4, -0.2) is 24.5 Å². The van der Waals surface area contributed by atoms with Crippen molar-refractivity contribution in [3.8, 4) is 0 Å². The number of alkyl halides is 1. The van der Waals surface area contributed by atoms with Gasteiger partial charge in [-0.1, -0.05) is 18.9 Å². The monoisotopic (exact) mass is 243 g/mol. The van der Waals surface area contributed by atoms with Gasteiger partial charge in [-0.05, 0) is 37.4 Å². The van der Waals surface area contributed by atoms with Gasteiger partial charge in [0, 0.05) is 11.4 Å². The molecule has 0 aliphatic carbocycles. The summed E-state index contributed by atoms with van der Waals surface area (Å²) < 4.78 is 0. The van der Waals surface area contributed by atoms with Crippen molar-refractivity contribution >= 4 is 22.9 Å². The molecule has 15 heavy (non-hydrogen) atoms. The molecule has 0 spiro atoms. The summed E-state index contributed by atoms with van der Waals surface area (Å²) >= 11 is 8.17. The summed E-state index contributed by atoms with van der Waals surface area (Å²) in [7, 11) is 0. The molecular weight excluding hydrogens is 226 g/mol. The van der Waals surface area contributed by atoms with Crippen LogP contribution in [0.1, 0.15) is 35.9 Å². The van der Waals surface area contributed by atoms with E-state index in [0.29, 0.717) is 0 Å². The van der Waals surface area contributed by atoms with Crippen LogP contribution in [-0.2, 0) is 0 Å². The summed E-state index contributed by atoms with van der Waals surface area (Å²) in [5.41, 5.74) is 0. The van der Waals surface area contributed by atoms with Crippen molar-refractivity contribution in [2.24, 2.45) is 0 Å². The molecule has 0 radical (unpaired) electrons. The van der Waals surface area contributed by atoms with Gasteiger partial charge in [0.15, 0.2) is 0 Å². The third-order valence-electron chi connectivity index (χ3n) is 2.97. The second-order valence-corrected chi connectivity index (χ2v) is 5.70. The van der Waals surface area contributed by atoms with Gasteiger partial charge in [0.05, 0.1) is 5.38 Å². The molecule has 1 unspecified atom stereocenters. The second kappa shape index (κ2) is 5.88. The molecule has 1 fully saturated rings. The standard InChI is InChI=1S/C12H18ClNS/c13-11(12-6-5-9-15-12)10-14-7-3-1-2-4-8-14/h5-6,9,11H,1-4,7-8,10H2. The van der Waals surface area contributed by atoms with Crippen LogP contribution < -0.4 is 0 Å². The molecule has 0 bridgehead atoms. The highest BCUT2D eigenvalue weighted by molar-refractivity contribution is 7.10. The molecule has 1 saturated heterocycles. The number of hydrogen-bond acceptors (Lipinski definition) is 2. The zero-order valence-electron chi connectivity index (χ0n) is 8.99. The summed E-state index contributed by atoms with van der Waals surface area (Å²) in [5, 5.41) is 2.29. The van der Waals surface area contributed by atoms with Crippen LogP contribution >= 0.6 is 22.9 Å². The van der Waals surface area contributed by atoms with E-state index in [1.165, 1.54) is 43.6 Å². The van der Waals surface area contributed by atoms with E-state index < -0.39 is 0 Å². The van der Waals surface area contributed by atoms with Crippen molar-refractivity contribution < 1.29 is 0 Å². The van der Waals surface area contributed by atoms with Crippen LogP contribution in [0.2, 0.25) is 0 Å². The average Bonchev–Trinajstić information content (AvgIpc) is 2.65. The second-order valence-electron chi connectivity index (χ2n) is 4.20. The fourth-order valence-electron chi connectivity index (χ4n) is 2.10. The molecule has 0 N–H and O–H groups in total. The molecule has 1 aromatic rings. The van der Waals surface area contributed by atoms with Gasteiger partial charge >= 0.3 is 0 Å².